The number of ether oxygens (including phenoxy) is 1. The number of unbranched alkanes of at least 4 members (excludes halogenated alkanes) is 1. The molecule has 16 heavy (non-hydrogen) atoms. The molecule has 0 aromatic heterocycles. The maximum atomic E-state index is 10.9. The highest BCUT2D eigenvalue weighted by Crippen LogP contribution is 2.13. The number of nitrogens with one attached hydrogen (secondary N) is 1. The van der Waals surface area contributed by atoms with Crippen molar-refractivity contribution in [2.24, 2.45) is 5.84 Å². The summed E-state index contributed by atoms with van der Waals surface area (Å²) in [4.78, 5) is 13.3. The van der Waals surface area contributed by atoms with E-state index in [4.69, 9.17) is 10.6 Å². The van der Waals surface area contributed by atoms with Gasteiger partial charge in [0.25, 0.3) is 0 Å². The summed E-state index contributed by atoms with van der Waals surface area (Å²) >= 11 is 0. The highest BCUT2D eigenvalue weighted by atomic mass is 16.5. The average molecular weight is 229 g/mol. The SMILES string of the molecule is COC1CCN(CCCCC(=O)NN)CC1. The molecule has 0 radical (unpaired) electrons. The zero-order chi connectivity index (χ0) is 11.8. The normalized spacial score (nSPS) is 18.6. The number of carbonyl (C=O) groups excluding carboxylic acids is 1. The molecule has 94 valence electrons. The summed E-state index contributed by atoms with van der Waals surface area (Å²) < 4.78 is 5.32. The molecule has 1 heterocycles. The standard InChI is InChI=1S/C11H23N3O2/c1-16-10-5-8-14(9-6-10)7-3-2-4-11(15)13-12/h10H,2-9,12H2,1H3,(H,13,15). The Bertz CT molecular complexity index is 203. The smallest absolute Gasteiger partial charge is 0.233 e. The maximum Gasteiger partial charge on any atom is 0.233 e. The van der Waals surface area contributed by atoms with Gasteiger partial charge >= 0.3 is 0 Å². The van der Waals surface area contributed by atoms with Crippen LogP contribution in [0.2, 0.25) is 0 Å². The van der Waals surface area contributed by atoms with Crippen LogP contribution in [0.25, 0.3) is 0 Å². The Labute approximate surface area is 97.3 Å². The fraction of sp³-hybridized carbons (Fsp3) is 0.909. The second-order valence-corrected chi connectivity index (χ2v) is 4.30. The zero-order valence-corrected chi connectivity index (χ0v) is 10.1. The molecule has 1 fully saturated rings. The highest BCUT2D eigenvalue weighted by molar-refractivity contribution is 5.75. The van der Waals surface area contributed by atoms with Gasteiger partial charge in [-0.25, -0.2) is 5.84 Å². The Morgan fingerprint density at radius 1 is 1.44 bits per heavy atom. The van der Waals surface area contributed by atoms with E-state index in [2.05, 4.69) is 10.3 Å². The number of nitrogens with zero attached hydrogens (tertiary/aromatic N) is 1. The van der Waals surface area contributed by atoms with E-state index in [-0.39, 0.29) is 5.91 Å². The van der Waals surface area contributed by atoms with Crippen LogP contribution in [0.4, 0.5) is 0 Å². The third kappa shape index (κ3) is 4.92. The van der Waals surface area contributed by atoms with Gasteiger partial charge in [-0.15, -0.1) is 0 Å². The molecular weight excluding hydrogens is 206 g/mol. The van der Waals surface area contributed by atoms with E-state index in [1.807, 2.05) is 0 Å². The number of hydrogen-bond donors (Lipinski definition) is 2. The van der Waals surface area contributed by atoms with Crippen molar-refractivity contribution in [1.29, 1.82) is 0 Å². The third-order valence-electron chi connectivity index (χ3n) is 3.16. The number of likely N-dealkylation sites (tertiary alicyclic amines) is 1. The van der Waals surface area contributed by atoms with Gasteiger partial charge < -0.3 is 9.64 Å². The number of nitrogens with two attached hydrogens (primary N) is 1. The summed E-state index contributed by atoms with van der Waals surface area (Å²) in [7, 11) is 1.78. The van der Waals surface area contributed by atoms with Crippen LogP contribution < -0.4 is 11.3 Å². The van der Waals surface area contributed by atoms with Crippen LogP contribution >= 0.6 is 0 Å². The van der Waals surface area contributed by atoms with Crippen molar-refractivity contribution in [3.8, 4) is 0 Å². The summed E-state index contributed by atoms with van der Waals surface area (Å²) in [5.74, 6) is 4.93. The summed E-state index contributed by atoms with van der Waals surface area (Å²) in [5, 5.41) is 0. The molecule has 0 aromatic carbocycles. The largest absolute Gasteiger partial charge is 0.381 e. The number of hydrogen-bond acceptors (Lipinski definition) is 4. The lowest BCUT2D eigenvalue weighted by molar-refractivity contribution is -0.121. The van der Waals surface area contributed by atoms with Gasteiger partial charge in [-0.3, -0.25) is 10.2 Å². The molecule has 1 aliphatic rings. The maximum absolute atomic E-state index is 10.9. The van der Waals surface area contributed by atoms with Gasteiger partial charge in [-0.1, -0.05) is 0 Å². The third-order valence-corrected chi connectivity index (χ3v) is 3.16. The van der Waals surface area contributed by atoms with Crippen LogP contribution in [0.15, 0.2) is 0 Å². The Morgan fingerprint density at radius 3 is 2.69 bits per heavy atom. The number of piperidine rings is 1. The molecule has 0 bridgehead atoms. The van der Waals surface area contributed by atoms with Crippen molar-refractivity contribution < 1.29 is 9.53 Å². The summed E-state index contributed by atoms with van der Waals surface area (Å²) in [6.45, 7) is 3.30. The van der Waals surface area contributed by atoms with Crippen LogP contribution in [-0.4, -0.2) is 43.7 Å². The molecule has 0 atom stereocenters. The molecule has 0 saturated carbocycles. The van der Waals surface area contributed by atoms with Gasteiger partial charge in [-0.2, -0.15) is 0 Å². The van der Waals surface area contributed by atoms with Crippen LogP contribution in [0.1, 0.15) is 32.1 Å². The first-order chi connectivity index (χ1) is 7.76. The minimum Gasteiger partial charge on any atom is -0.381 e. The summed E-state index contributed by atoms with van der Waals surface area (Å²) in [5.41, 5.74) is 2.15. The van der Waals surface area contributed by atoms with Crippen molar-refractivity contribution in [3.05, 3.63) is 0 Å². The minimum absolute atomic E-state index is 0.0712. The van der Waals surface area contributed by atoms with Gasteiger partial charge in [0.05, 0.1) is 6.10 Å². The molecule has 0 spiro atoms. The first-order valence-corrected chi connectivity index (χ1v) is 6.01. The molecule has 0 unspecified atom stereocenters. The van der Waals surface area contributed by atoms with E-state index in [1.54, 1.807) is 7.11 Å². The molecule has 0 aliphatic carbocycles. The average Bonchev–Trinajstić information content (AvgIpc) is 2.35. The fourth-order valence-corrected chi connectivity index (χ4v) is 2.06. The lowest BCUT2D eigenvalue weighted by Gasteiger charge is -2.31. The topological polar surface area (TPSA) is 67.6 Å². The van der Waals surface area contributed by atoms with E-state index in [1.165, 1.54) is 0 Å². The van der Waals surface area contributed by atoms with Gasteiger partial charge in [0.15, 0.2) is 0 Å². The fourth-order valence-electron chi connectivity index (χ4n) is 2.06. The Morgan fingerprint density at radius 2 is 2.12 bits per heavy atom. The van der Waals surface area contributed by atoms with Gasteiger partial charge in [0.1, 0.15) is 0 Å². The molecule has 5 nitrogen and oxygen atoms in total. The predicted molar refractivity (Wildman–Crippen MR) is 62.7 cm³/mol. The number of rotatable bonds is 6. The van der Waals surface area contributed by atoms with Crippen LogP contribution in [0.5, 0.6) is 0 Å². The molecule has 5 heteroatoms. The van der Waals surface area contributed by atoms with Crippen molar-refractivity contribution in [2.45, 2.75) is 38.2 Å². The minimum atomic E-state index is -0.0712. The lowest BCUT2D eigenvalue weighted by atomic mass is 10.1. The molecular formula is C11H23N3O2. The van der Waals surface area contributed by atoms with E-state index in [0.717, 1.165) is 45.3 Å². The summed E-state index contributed by atoms with van der Waals surface area (Å²) in [6.07, 6.45) is 5.20. The molecule has 0 aromatic rings. The number of hydrazine groups is 1. The molecule has 1 amide bonds. The van der Waals surface area contributed by atoms with E-state index in [0.29, 0.717) is 12.5 Å². The van der Waals surface area contributed by atoms with Crippen molar-refractivity contribution in [2.75, 3.05) is 26.7 Å². The number of amides is 1. The second kappa shape index (κ2) is 7.60. The number of methoxy groups -OCH3 is 1. The van der Waals surface area contributed by atoms with Crippen LogP contribution in [0, 0.1) is 0 Å². The van der Waals surface area contributed by atoms with Crippen LogP contribution in [0.3, 0.4) is 0 Å². The quantitative estimate of drug-likeness (QED) is 0.297. The molecule has 1 aliphatic heterocycles. The highest BCUT2D eigenvalue weighted by Gasteiger charge is 2.17. The lowest BCUT2D eigenvalue weighted by Crippen LogP contribution is -2.37. The van der Waals surface area contributed by atoms with Gasteiger partial charge in [-0.05, 0) is 32.2 Å². The monoisotopic (exact) mass is 229 g/mol. The van der Waals surface area contributed by atoms with E-state index >= 15 is 0 Å². The molecule has 1 saturated heterocycles. The summed E-state index contributed by atoms with van der Waals surface area (Å²) in [6, 6.07) is 0. The van der Waals surface area contributed by atoms with Crippen LogP contribution in [-0.2, 0) is 9.53 Å². The Balaban J connectivity index is 2.00. The van der Waals surface area contributed by atoms with Crippen molar-refractivity contribution in [1.82, 2.24) is 10.3 Å². The molecule has 1 rings (SSSR count). The van der Waals surface area contributed by atoms with Crippen molar-refractivity contribution in [3.63, 3.8) is 0 Å². The van der Waals surface area contributed by atoms with Gasteiger partial charge in [0.2, 0.25) is 5.91 Å². The Hall–Kier alpha value is -0.650. The Kier molecular flexibility index (Phi) is 6.37. The van der Waals surface area contributed by atoms with E-state index in [9.17, 15) is 4.79 Å². The van der Waals surface area contributed by atoms with E-state index < -0.39 is 0 Å². The zero-order valence-electron chi connectivity index (χ0n) is 10.1. The first kappa shape index (κ1) is 13.4. The second-order valence-electron chi connectivity index (χ2n) is 4.30. The predicted octanol–water partition coefficient (Wildman–Crippen LogP) is 0.257. The van der Waals surface area contributed by atoms with Crippen molar-refractivity contribution >= 4 is 5.91 Å². The molecule has 3 N–H and O–H groups in total. The van der Waals surface area contributed by atoms with Gasteiger partial charge in [0, 0.05) is 26.6 Å². The number of carbonyl (C=O) groups is 1. The first-order valence-electron chi connectivity index (χ1n) is 6.01.